The summed E-state index contributed by atoms with van der Waals surface area (Å²) in [6.07, 6.45) is 0. The molecule has 0 N–H and O–H groups in total. The molecule has 0 unspecified atom stereocenters. The molecule has 100 valence electrons. The average Bonchev–Trinajstić information content (AvgIpc) is 2.46. The summed E-state index contributed by atoms with van der Waals surface area (Å²) >= 11 is 5.87. The minimum absolute atomic E-state index is 0.271. The number of methoxy groups -OCH3 is 1. The number of benzene rings is 2. The van der Waals surface area contributed by atoms with E-state index in [0.717, 1.165) is 22.7 Å². The maximum Gasteiger partial charge on any atom is 0.123 e. The third-order valence-corrected chi connectivity index (χ3v) is 3.29. The van der Waals surface area contributed by atoms with Crippen molar-refractivity contribution in [1.82, 2.24) is 0 Å². The molecule has 0 aliphatic carbocycles. The van der Waals surface area contributed by atoms with E-state index in [0.29, 0.717) is 0 Å². The van der Waals surface area contributed by atoms with Gasteiger partial charge in [0.05, 0.1) is 7.11 Å². The molecule has 0 saturated carbocycles. The molecule has 2 nitrogen and oxygen atoms in total. The van der Waals surface area contributed by atoms with Gasteiger partial charge in [0.15, 0.2) is 0 Å². The van der Waals surface area contributed by atoms with E-state index in [9.17, 15) is 4.39 Å². The summed E-state index contributed by atoms with van der Waals surface area (Å²) in [6.45, 7) is 0. The van der Waals surface area contributed by atoms with Gasteiger partial charge in [0.25, 0.3) is 0 Å². The van der Waals surface area contributed by atoms with E-state index >= 15 is 0 Å². The van der Waals surface area contributed by atoms with Crippen molar-refractivity contribution in [3.8, 4) is 5.75 Å². The molecule has 4 heteroatoms. The Hall–Kier alpha value is -1.74. The number of nitrogens with zero attached hydrogens (tertiary/aromatic N) is 1. The van der Waals surface area contributed by atoms with Crippen LogP contribution in [0.3, 0.4) is 0 Å². The lowest BCUT2D eigenvalue weighted by molar-refractivity contribution is 0.415. The second kappa shape index (κ2) is 5.93. The fourth-order valence-electron chi connectivity index (χ4n) is 1.93. The first-order valence-corrected chi connectivity index (χ1v) is 6.41. The summed E-state index contributed by atoms with van der Waals surface area (Å²) in [7, 11) is 3.55. The lowest BCUT2D eigenvalue weighted by Crippen LogP contribution is -2.11. The summed E-state index contributed by atoms with van der Waals surface area (Å²) < 4.78 is 18.3. The van der Waals surface area contributed by atoms with Gasteiger partial charge in [0.1, 0.15) is 11.6 Å². The Morgan fingerprint density at radius 1 is 1.16 bits per heavy atom. The highest BCUT2D eigenvalue weighted by Gasteiger charge is 2.10. The summed E-state index contributed by atoms with van der Waals surface area (Å²) in [5.41, 5.74) is 2.64. The van der Waals surface area contributed by atoms with Crippen molar-refractivity contribution in [2.24, 2.45) is 0 Å². The predicted octanol–water partition coefficient (Wildman–Crippen LogP) is 4.34. The number of ether oxygens (including phenoxy) is 1. The van der Waals surface area contributed by atoms with Gasteiger partial charge >= 0.3 is 0 Å². The van der Waals surface area contributed by atoms with Crippen molar-refractivity contribution < 1.29 is 9.13 Å². The minimum Gasteiger partial charge on any atom is -0.497 e. The minimum atomic E-state index is -0.275. The van der Waals surface area contributed by atoms with Crippen LogP contribution in [0.4, 0.5) is 15.8 Å². The normalized spacial score (nSPS) is 10.3. The Morgan fingerprint density at radius 3 is 2.42 bits per heavy atom. The first-order chi connectivity index (χ1) is 9.15. The van der Waals surface area contributed by atoms with Gasteiger partial charge in [0.2, 0.25) is 0 Å². The van der Waals surface area contributed by atoms with Gasteiger partial charge in [0, 0.05) is 24.3 Å². The number of hydrogen-bond acceptors (Lipinski definition) is 2. The Balaban J connectivity index is 2.34. The van der Waals surface area contributed by atoms with Crippen LogP contribution in [0.5, 0.6) is 5.75 Å². The van der Waals surface area contributed by atoms with Crippen LogP contribution in [0.1, 0.15) is 5.56 Å². The molecule has 0 aromatic heterocycles. The first-order valence-electron chi connectivity index (χ1n) is 5.88. The zero-order chi connectivity index (χ0) is 13.8. The summed E-state index contributed by atoms with van der Waals surface area (Å²) in [5.74, 6) is 0.796. The predicted molar refractivity (Wildman–Crippen MR) is 77.0 cm³/mol. The smallest absolute Gasteiger partial charge is 0.123 e. The Labute approximate surface area is 117 Å². The summed E-state index contributed by atoms with van der Waals surface area (Å²) in [6, 6.07) is 12.3. The van der Waals surface area contributed by atoms with Gasteiger partial charge in [-0.25, -0.2) is 4.39 Å². The molecule has 0 radical (unpaired) electrons. The molecule has 2 aromatic carbocycles. The van der Waals surface area contributed by atoms with Gasteiger partial charge in [-0.15, -0.1) is 11.6 Å². The van der Waals surface area contributed by atoms with Crippen molar-refractivity contribution in [3.05, 3.63) is 53.8 Å². The molecule has 0 fully saturated rings. The molecular formula is C15H15ClFNO. The molecule has 0 aliphatic heterocycles. The van der Waals surface area contributed by atoms with Crippen LogP contribution in [0.25, 0.3) is 0 Å². The standard InChI is InChI=1S/C15H15ClFNO/c1-18(13-4-6-14(19-2)7-5-13)15-8-3-12(17)9-11(15)10-16/h3-9H,10H2,1-2H3. The third-order valence-electron chi connectivity index (χ3n) is 3.01. The van der Waals surface area contributed by atoms with Crippen molar-refractivity contribution in [2.75, 3.05) is 19.1 Å². The van der Waals surface area contributed by atoms with E-state index in [1.807, 2.05) is 36.2 Å². The van der Waals surface area contributed by atoms with Crippen LogP contribution >= 0.6 is 11.6 Å². The number of anilines is 2. The second-order valence-electron chi connectivity index (χ2n) is 4.16. The maximum atomic E-state index is 13.2. The van der Waals surface area contributed by atoms with E-state index < -0.39 is 0 Å². The molecule has 0 saturated heterocycles. The second-order valence-corrected chi connectivity index (χ2v) is 4.43. The number of halogens is 2. The number of hydrogen-bond donors (Lipinski definition) is 0. The molecule has 2 aromatic rings. The monoisotopic (exact) mass is 279 g/mol. The van der Waals surface area contributed by atoms with Crippen LogP contribution in [-0.4, -0.2) is 14.2 Å². The van der Waals surface area contributed by atoms with Gasteiger partial charge < -0.3 is 9.64 Å². The van der Waals surface area contributed by atoms with Gasteiger partial charge in [-0.3, -0.25) is 0 Å². The highest BCUT2D eigenvalue weighted by atomic mass is 35.5. The Morgan fingerprint density at radius 2 is 1.84 bits per heavy atom. The van der Waals surface area contributed by atoms with E-state index in [-0.39, 0.29) is 11.7 Å². The van der Waals surface area contributed by atoms with Crippen molar-refractivity contribution in [2.45, 2.75) is 5.88 Å². The van der Waals surface area contributed by atoms with Gasteiger partial charge in [-0.05, 0) is 48.0 Å². The van der Waals surface area contributed by atoms with Crippen LogP contribution in [0, 0.1) is 5.82 Å². The van der Waals surface area contributed by atoms with Crippen LogP contribution in [0.2, 0.25) is 0 Å². The van der Waals surface area contributed by atoms with E-state index in [2.05, 4.69) is 0 Å². The van der Waals surface area contributed by atoms with Gasteiger partial charge in [-0.2, -0.15) is 0 Å². The lowest BCUT2D eigenvalue weighted by atomic mass is 10.1. The molecule has 0 bridgehead atoms. The Kier molecular flexibility index (Phi) is 4.27. The summed E-state index contributed by atoms with van der Waals surface area (Å²) in [4.78, 5) is 1.97. The highest BCUT2D eigenvalue weighted by molar-refractivity contribution is 6.17. The largest absolute Gasteiger partial charge is 0.497 e. The lowest BCUT2D eigenvalue weighted by Gasteiger charge is -2.22. The fourth-order valence-corrected chi connectivity index (χ4v) is 2.15. The third kappa shape index (κ3) is 2.99. The molecule has 2 rings (SSSR count). The van der Waals surface area contributed by atoms with E-state index in [1.54, 1.807) is 13.2 Å². The molecule has 0 aliphatic rings. The fraction of sp³-hybridized carbons (Fsp3) is 0.200. The van der Waals surface area contributed by atoms with Crippen LogP contribution < -0.4 is 9.64 Å². The molecule has 0 heterocycles. The number of alkyl halides is 1. The molecule has 0 spiro atoms. The SMILES string of the molecule is COc1ccc(N(C)c2ccc(F)cc2CCl)cc1. The van der Waals surface area contributed by atoms with Crippen LogP contribution in [-0.2, 0) is 5.88 Å². The number of rotatable bonds is 4. The first kappa shape index (κ1) is 13.7. The highest BCUT2D eigenvalue weighted by Crippen LogP contribution is 2.29. The van der Waals surface area contributed by atoms with E-state index in [4.69, 9.17) is 16.3 Å². The van der Waals surface area contributed by atoms with Crippen molar-refractivity contribution in [3.63, 3.8) is 0 Å². The average molecular weight is 280 g/mol. The molecule has 0 amide bonds. The zero-order valence-corrected chi connectivity index (χ0v) is 11.6. The van der Waals surface area contributed by atoms with Crippen LogP contribution in [0.15, 0.2) is 42.5 Å². The van der Waals surface area contributed by atoms with Crippen molar-refractivity contribution in [1.29, 1.82) is 0 Å². The van der Waals surface area contributed by atoms with Gasteiger partial charge in [-0.1, -0.05) is 0 Å². The Bertz CT molecular complexity index is 557. The van der Waals surface area contributed by atoms with E-state index in [1.165, 1.54) is 12.1 Å². The van der Waals surface area contributed by atoms with Crippen molar-refractivity contribution >= 4 is 23.0 Å². The summed E-state index contributed by atoms with van der Waals surface area (Å²) in [5, 5.41) is 0. The maximum absolute atomic E-state index is 13.2. The molecule has 0 atom stereocenters. The quantitative estimate of drug-likeness (QED) is 0.772. The zero-order valence-electron chi connectivity index (χ0n) is 10.9. The topological polar surface area (TPSA) is 12.5 Å². The molecular weight excluding hydrogens is 265 g/mol. The molecule has 19 heavy (non-hydrogen) atoms.